The lowest BCUT2D eigenvalue weighted by atomic mass is 10.2. The van der Waals surface area contributed by atoms with Gasteiger partial charge in [0.15, 0.2) is 0 Å². The standard InChI is InChI=1S/C12H12N2O4S/c13-8-9-3-5-10(6-4-9)19(17,18)14-7-1-2-11(14)12(15)16/h3-6,11H,1-2,7H2,(H,15,16)/t11-/m1/s1. The van der Waals surface area contributed by atoms with E-state index >= 15 is 0 Å². The molecule has 100 valence electrons. The molecule has 1 N–H and O–H groups in total. The van der Waals surface area contributed by atoms with E-state index in [-0.39, 0.29) is 11.4 Å². The molecular formula is C12H12N2O4S. The summed E-state index contributed by atoms with van der Waals surface area (Å²) >= 11 is 0. The molecule has 7 heteroatoms. The molecule has 1 aromatic carbocycles. The van der Waals surface area contributed by atoms with Crippen LogP contribution in [-0.4, -0.2) is 36.4 Å². The van der Waals surface area contributed by atoms with Crippen molar-refractivity contribution in [1.29, 1.82) is 5.26 Å². The second-order valence-corrected chi connectivity index (χ2v) is 6.14. The van der Waals surface area contributed by atoms with Gasteiger partial charge in [0.25, 0.3) is 0 Å². The van der Waals surface area contributed by atoms with E-state index in [0.717, 1.165) is 4.31 Å². The molecule has 0 radical (unpaired) electrons. The van der Waals surface area contributed by atoms with E-state index in [1.165, 1.54) is 24.3 Å². The lowest BCUT2D eigenvalue weighted by molar-refractivity contribution is -0.140. The number of carbonyl (C=O) groups is 1. The average Bonchev–Trinajstić information content (AvgIpc) is 2.89. The zero-order chi connectivity index (χ0) is 14.0. The van der Waals surface area contributed by atoms with E-state index in [4.69, 9.17) is 10.4 Å². The quantitative estimate of drug-likeness (QED) is 0.882. The third-order valence-corrected chi connectivity index (χ3v) is 5.00. The van der Waals surface area contributed by atoms with Gasteiger partial charge in [-0.2, -0.15) is 9.57 Å². The molecule has 19 heavy (non-hydrogen) atoms. The second-order valence-electron chi connectivity index (χ2n) is 4.25. The first kappa shape index (κ1) is 13.5. The van der Waals surface area contributed by atoms with Gasteiger partial charge in [0.2, 0.25) is 10.0 Å². The fraction of sp³-hybridized carbons (Fsp3) is 0.333. The highest BCUT2D eigenvalue weighted by molar-refractivity contribution is 7.89. The molecule has 6 nitrogen and oxygen atoms in total. The summed E-state index contributed by atoms with van der Waals surface area (Å²) in [5.74, 6) is -1.13. The Bertz CT molecular complexity index is 631. The Balaban J connectivity index is 2.36. The minimum absolute atomic E-state index is 0.0136. The van der Waals surface area contributed by atoms with Gasteiger partial charge in [-0.25, -0.2) is 8.42 Å². The van der Waals surface area contributed by atoms with Crippen molar-refractivity contribution >= 4 is 16.0 Å². The highest BCUT2D eigenvalue weighted by Crippen LogP contribution is 2.26. The fourth-order valence-electron chi connectivity index (χ4n) is 2.11. The van der Waals surface area contributed by atoms with Gasteiger partial charge in [0.05, 0.1) is 16.5 Å². The molecule has 0 aromatic heterocycles. The number of hydrogen-bond donors (Lipinski definition) is 1. The van der Waals surface area contributed by atoms with Crippen molar-refractivity contribution in [1.82, 2.24) is 4.31 Å². The minimum Gasteiger partial charge on any atom is -0.480 e. The lowest BCUT2D eigenvalue weighted by Crippen LogP contribution is -2.40. The zero-order valence-corrected chi connectivity index (χ0v) is 10.8. The van der Waals surface area contributed by atoms with Crippen LogP contribution in [0.1, 0.15) is 18.4 Å². The third kappa shape index (κ3) is 2.45. The van der Waals surface area contributed by atoms with E-state index in [1.807, 2.05) is 6.07 Å². The summed E-state index contributed by atoms with van der Waals surface area (Å²) in [5.41, 5.74) is 0.357. The number of rotatable bonds is 3. The van der Waals surface area contributed by atoms with E-state index < -0.39 is 22.0 Å². The smallest absolute Gasteiger partial charge is 0.322 e. The van der Waals surface area contributed by atoms with E-state index in [9.17, 15) is 13.2 Å². The normalized spacial score (nSPS) is 20.1. The number of nitriles is 1. The van der Waals surface area contributed by atoms with Crippen LogP contribution >= 0.6 is 0 Å². The predicted octanol–water partition coefficient (Wildman–Crippen LogP) is 0.796. The summed E-state index contributed by atoms with van der Waals surface area (Å²) in [6, 6.07) is 6.35. The Kier molecular flexibility index (Phi) is 3.55. The number of aliphatic carboxylic acids is 1. The SMILES string of the molecule is N#Cc1ccc(S(=O)(=O)N2CCC[C@@H]2C(=O)O)cc1. The van der Waals surface area contributed by atoms with Crippen LogP contribution in [0.4, 0.5) is 0 Å². The van der Waals surface area contributed by atoms with E-state index in [2.05, 4.69) is 0 Å². The molecule has 1 saturated heterocycles. The summed E-state index contributed by atoms with van der Waals surface area (Å²) in [5, 5.41) is 17.7. The van der Waals surface area contributed by atoms with Gasteiger partial charge in [0.1, 0.15) is 6.04 Å². The van der Waals surface area contributed by atoms with Crippen LogP contribution in [-0.2, 0) is 14.8 Å². The molecule has 2 rings (SSSR count). The monoisotopic (exact) mass is 280 g/mol. The largest absolute Gasteiger partial charge is 0.480 e. The van der Waals surface area contributed by atoms with Crippen LogP contribution in [0.2, 0.25) is 0 Å². The van der Waals surface area contributed by atoms with Gasteiger partial charge in [-0.15, -0.1) is 0 Å². The van der Waals surface area contributed by atoms with Crippen LogP contribution in [0.3, 0.4) is 0 Å². The van der Waals surface area contributed by atoms with E-state index in [0.29, 0.717) is 18.4 Å². The fourth-order valence-corrected chi connectivity index (χ4v) is 3.76. The van der Waals surface area contributed by atoms with Crippen LogP contribution < -0.4 is 0 Å². The Morgan fingerprint density at radius 3 is 2.53 bits per heavy atom. The topological polar surface area (TPSA) is 98.5 Å². The van der Waals surface area contributed by atoms with Crippen LogP contribution in [0, 0.1) is 11.3 Å². The van der Waals surface area contributed by atoms with Crippen molar-refractivity contribution in [2.45, 2.75) is 23.8 Å². The van der Waals surface area contributed by atoms with Crippen LogP contribution in [0.5, 0.6) is 0 Å². The number of benzene rings is 1. The molecule has 1 aromatic rings. The summed E-state index contributed by atoms with van der Waals surface area (Å²) in [7, 11) is -3.81. The van der Waals surface area contributed by atoms with Gasteiger partial charge in [-0.05, 0) is 37.1 Å². The molecule has 0 spiro atoms. The lowest BCUT2D eigenvalue weighted by Gasteiger charge is -2.20. The summed E-state index contributed by atoms with van der Waals surface area (Å²) in [4.78, 5) is 11.1. The molecule has 0 aliphatic carbocycles. The molecule has 0 amide bonds. The summed E-state index contributed by atoms with van der Waals surface area (Å²) < 4.78 is 25.7. The Hall–Kier alpha value is -1.91. The molecule has 0 unspecified atom stereocenters. The van der Waals surface area contributed by atoms with Crippen molar-refractivity contribution < 1.29 is 18.3 Å². The molecule has 0 bridgehead atoms. The Morgan fingerprint density at radius 2 is 2.00 bits per heavy atom. The van der Waals surface area contributed by atoms with Crippen molar-refractivity contribution in [2.75, 3.05) is 6.54 Å². The maximum atomic E-state index is 12.3. The van der Waals surface area contributed by atoms with Crippen LogP contribution in [0.15, 0.2) is 29.2 Å². The van der Waals surface area contributed by atoms with Gasteiger partial charge < -0.3 is 5.11 Å². The molecule has 0 saturated carbocycles. The first-order chi connectivity index (χ1) is 8.96. The molecule has 1 heterocycles. The second kappa shape index (κ2) is 4.99. The summed E-state index contributed by atoms with van der Waals surface area (Å²) in [6.45, 7) is 0.208. The van der Waals surface area contributed by atoms with E-state index in [1.54, 1.807) is 0 Å². The Labute approximate surface area is 110 Å². The number of carboxylic acid groups (broad SMARTS) is 1. The number of carboxylic acids is 1. The zero-order valence-electron chi connectivity index (χ0n) is 9.98. The van der Waals surface area contributed by atoms with Gasteiger partial charge in [-0.1, -0.05) is 0 Å². The molecule has 1 fully saturated rings. The number of nitrogens with zero attached hydrogens (tertiary/aromatic N) is 2. The number of sulfonamides is 1. The average molecular weight is 280 g/mol. The number of hydrogen-bond acceptors (Lipinski definition) is 4. The van der Waals surface area contributed by atoms with Crippen molar-refractivity contribution in [3.63, 3.8) is 0 Å². The first-order valence-corrected chi connectivity index (χ1v) is 7.15. The Morgan fingerprint density at radius 1 is 1.37 bits per heavy atom. The van der Waals surface area contributed by atoms with Crippen molar-refractivity contribution in [2.24, 2.45) is 0 Å². The predicted molar refractivity (Wildman–Crippen MR) is 65.7 cm³/mol. The van der Waals surface area contributed by atoms with Gasteiger partial charge in [0, 0.05) is 6.54 Å². The maximum Gasteiger partial charge on any atom is 0.322 e. The molecule has 1 aliphatic heterocycles. The minimum atomic E-state index is -3.81. The van der Waals surface area contributed by atoms with Crippen molar-refractivity contribution in [3.8, 4) is 6.07 Å². The molecular weight excluding hydrogens is 268 g/mol. The molecule has 1 aliphatic rings. The third-order valence-electron chi connectivity index (χ3n) is 3.08. The highest BCUT2D eigenvalue weighted by Gasteiger charge is 2.39. The molecule has 1 atom stereocenters. The van der Waals surface area contributed by atoms with Crippen molar-refractivity contribution in [3.05, 3.63) is 29.8 Å². The van der Waals surface area contributed by atoms with Gasteiger partial charge in [-0.3, -0.25) is 4.79 Å². The highest BCUT2D eigenvalue weighted by atomic mass is 32.2. The van der Waals surface area contributed by atoms with Crippen LogP contribution in [0.25, 0.3) is 0 Å². The van der Waals surface area contributed by atoms with Gasteiger partial charge >= 0.3 is 5.97 Å². The maximum absolute atomic E-state index is 12.3. The summed E-state index contributed by atoms with van der Waals surface area (Å²) in [6.07, 6.45) is 0.858. The first-order valence-electron chi connectivity index (χ1n) is 5.71.